The molecular formula is C14H9N3O4S. The zero-order chi connectivity index (χ0) is 15.9. The number of rotatable bonds is 2. The first kappa shape index (κ1) is 14.2. The normalized spacial score (nSPS) is 12.3. The second kappa shape index (κ2) is 5.23. The fraction of sp³-hybridized carbons (Fsp3) is 0.0714. The average Bonchev–Trinajstić information content (AvgIpc) is 2.50. The summed E-state index contributed by atoms with van der Waals surface area (Å²) in [6.07, 6.45) is 0. The van der Waals surface area contributed by atoms with Crippen molar-refractivity contribution in [1.29, 1.82) is 0 Å². The van der Waals surface area contributed by atoms with Crippen LogP contribution in [0.5, 0.6) is 0 Å². The number of nitroso groups, excluding NO2 is 1. The maximum absolute atomic E-state index is 12.0. The molecule has 0 saturated heterocycles. The van der Waals surface area contributed by atoms with Crippen LogP contribution >= 0.6 is 11.8 Å². The van der Waals surface area contributed by atoms with Gasteiger partial charge in [0, 0.05) is 28.8 Å². The number of fused-ring (bicyclic) bond motifs is 2. The molecule has 0 unspecified atom stereocenters. The van der Waals surface area contributed by atoms with Crippen molar-refractivity contribution >= 4 is 40.4 Å². The van der Waals surface area contributed by atoms with Gasteiger partial charge in [0.05, 0.1) is 16.3 Å². The first-order valence-electron chi connectivity index (χ1n) is 6.25. The van der Waals surface area contributed by atoms with Gasteiger partial charge in [-0.1, -0.05) is 11.8 Å². The fourth-order valence-corrected chi connectivity index (χ4v) is 3.42. The van der Waals surface area contributed by atoms with E-state index in [1.807, 2.05) is 0 Å². The van der Waals surface area contributed by atoms with Crippen molar-refractivity contribution < 1.29 is 9.72 Å². The number of carbonyl (C=O) groups excluding carboxylic acids is 1. The van der Waals surface area contributed by atoms with Crippen LogP contribution in [0.3, 0.4) is 0 Å². The van der Waals surface area contributed by atoms with Crippen LogP contribution in [0.15, 0.2) is 51.4 Å². The second-order valence-electron chi connectivity index (χ2n) is 4.61. The first-order chi connectivity index (χ1) is 10.5. The van der Waals surface area contributed by atoms with Crippen LogP contribution < -0.4 is 4.90 Å². The van der Waals surface area contributed by atoms with Crippen LogP contribution in [0.2, 0.25) is 0 Å². The number of amides is 1. The third-order valence-corrected chi connectivity index (χ3v) is 4.31. The fourth-order valence-electron chi connectivity index (χ4n) is 2.30. The van der Waals surface area contributed by atoms with Gasteiger partial charge < -0.3 is 0 Å². The monoisotopic (exact) mass is 315 g/mol. The van der Waals surface area contributed by atoms with Gasteiger partial charge in [0.15, 0.2) is 0 Å². The molecule has 1 amide bonds. The number of carbonyl (C=O) groups is 1. The largest absolute Gasteiger partial charge is 0.279 e. The van der Waals surface area contributed by atoms with Gasteiger partial charge in [-0.3, -0.25) is 19.8 Å². The van der Waals surface area contributed by atoms with E-state index in [9.17, 15) is 19.8 Å². The Balaban J connectivity index is 2.20. The van der Waals surface area contributed by atoms with Gasteiger partial charge in [-0.25, -0.2) is 0 Å². The van der Waals surface area contributed by atoms with Gasteiger partial charge >= 0.3 is 0 Å². The summed E-state index contributed by atoms with van der Waals surface area (Å²) < 4.78 is 0. The number of anilines is 2. The number of nitrogens with zero attached hydrogens (tertiary/aromatic N) is 3. The molecule has 1 aliphatic rings. The number of nitro groups is 1. The van der Waals surface area contributed by atoms with Crippen molar-refractivity contribution in [2.45, 2.75) is 16.7 Å². The van der Waals surface area contributed by atoms with Crippen LogP contribution in [-0.2, 0) is 4.79 Å². The van der Waals surface area contributed by atoms with Crippen LogP contribution in [0.1, 0.15) is 6.92 Å². The molecule has 8 heteroatoms. The Morgan fingerprint density at radius 2 is 1.82 bits per heavy atom. The molecular weight excluding hydrogens is 306 g/mol. The van der Waals surface area contributed by atoms with Crippen LogP contribution in [0, 0.1) is 15.0 Å². The third kappa shape index (κ3) is 2.23. The molecule has 0 spiro atoms. The lowest BCUT2D eigenvalue weighted by Gasteiger charge is -2.30. The summed E-state index contributed by atoms with van der Waals surface area (Å²) in [5.74, 6) is -0.219. The third-order valence-electron chi connectivity index (χ3n) is 3.22. The van der Waals surface area contributed by atoms with Crippen LogP contribution in [0.25, 0.3) is 0 Å². The molecule has 7 nitrogen and oxygen atoms in total. The van der Waals surface area contributed by atoms with Gasteiger partial charge in [0.2, 0.25) is 5.91 Å². The summed E-state index contributed by atoms with van der Waals surface area (Å²) >= 11 is 1.27. The van der Waals surface area contributed by atoms with E-state index in [0.29, 0.717) is 21.2 Å². The summed E-state index contributed by atoms with van der Waals surface area (Å²) in [7, 11) is 0. The van der Waals surface area contributed by atoms with E-state index in [1.54, 1.807) is 18.2 Å². The van der Waals surface area contributed by atoms with Gasteiger partial charge in [0.1, 0.15) is 5.69 Å². The molecule has 22 heavy (non-hydrogen) atoms. The Bertz CT molecular complexity index is 822. The summed E-state index contributed by atoms with van der Waals surface area (Å²) in [6, 6.07) is 9.06. The Hall–Kier alpha value is -2.74. The maximum Gasteiger partial charge on any atom is 0.270 e. The summed E-state index contributed by atoms with van der Waals surface area (Å²) in [4.78, 5) is 35.8. The number of non-ortho nitro benzene ring substituents is 1. The minimum atomic E-state index is -0.488. The van der Waals surface area contributed by atoms with Gasteiger partial charge in [-0.05, 0) is 29.4 Å². The van der Waals surface area contributed by atoms with E-state index in [1.165, 1.54) is 41.8 Å². The molecule has 110 valence electrons. The van der Waals surface area contributed by atoms with Gasteiger partial charge in [0.25, 0.3) is 5.69 Å². The molecule has 1 aliphatic heterocycles. The van der Waals surface area contributed by atoms with E-state index in [2.05, 4.69) is 5.18 Å². The number of nitro benzene ring substituents is 1. The topological polar surface area (TPSA) is 92.9 Å². The Morgan fingerprint density at radius 3 is 2.41 bits per heavy atom. The zero-order valence-corrected chi connectivity index (χ0v) is 12.2. The smallest absolute Gasteiger partial charge is 0.270 e. The Kier molecular flexibility index (Phi) is 3.38. The number of hydrogen-bond acceptors (Lipinski definition) is 6. The molecule has 1 heterocycles. The quantitative estimate of drug-likeness (QED) is 0.471. The lowest BCUT2D eigenvalue weighted by molar-refractivity contribution is -0.385. The molecule has 0 fully saturated rings. The highest BCUT2D eigenvalue weighted by atomic mass is 32.2. The van der Waals surface area contributed by atoms with E-state index < -0.39 is 4.92 Å². The Morgan fingerprint density at radius 1 is 1.18 bits per heavy atom. The van der Waals surface area contributed by atoms with E-state index >= 15 is 0 Å². The maximum atomic E-state index is 12.0. The van der Waals surface area contributed by atoms with Gasteiger partial charge in [-0.2, -0.15) is 0 Å². The van der Waals surface area contributed by atoms with Crippen molar-refractivity contribution in [2.24, 2.45) is 5.18 Å². The summed E-state index contributed by atoms with van der Waals surface area (Å²) in [5.41, 5.74) is 1.40. The number of benzene rings is 2. The Labute approximate surface area is 129 Å². The molecule has 2 aromatic rings. The number of hydrogen-bond donors (Lipinski definition) is 0. The van der Waals surface area contributed by atoms with Crippen molar-refractivity contribution in [1.82, 2.24) is 0 Å². The molecule has 3 rings (SSSR count). The molecule has 0 atom stereocenters. The van der Waals surface area contributed by atoms with E-state index in [0.717, 1.165) is 0 Å². The van der Waals surface area contributed by atoms with E-state index in [4.69, 9.17) is 0 Å². The highest BCUT2D eigenvalue weighted by molar-refractivity contribution is 7.99. The summed E-state index contributed by atoms with van der Waals surface area (Å²) in [5, 5.41) is 13.8. The van der Waals surface area contributed by atoms with Crippen LogP contribution in [0.4, 0.5) is 22.7 Å². The van der Waals surface area contributed by atoms with Crippen molar-refractivity contribution in [3.63, 3.8) is 0 Å². The van der Waals surface area contributed by atoms with Crippen molar-refractivity contribution in [3.8, 4) is 0 Å². The minimum absolute atomic E-state index is 0.0529. The lowest BCUT2D eigenvalue weighted by Crippen LogP contribution is -2.25. The second-order valence-corrected chi connectivity index (χ2v) is 5.69. The highest BCUT2D eigenvalue weighted by Gasteiger charge is 2.28. The molecule has 0 saturated carbocycles. The predicted molar refractivity (Wildman–Crippen MR) is 81.9 cm³/mol. The SMILES string of the molecule is CC(=O)N1c2ccc(N=O)cc2Sc2cc([N+](=O)[O-])ccc21. The molecule has 0 aromatic heterocycles. The van der Waals surface area contributed by atoms with Crippen molar-refractivity contribution in [2.75, 3.05) is 4.90 Å². The molecule has 0 aliphatic carbocycles. The van der Waals surface area contributed by atoms with Crippen LogP contribution in [-0.4, -0.2) is 10.8 Å². The van der Waals surface area contributed by atoms with Gasteiger partial charge in [-0.15, -0.1) is 4.91 Å². The first-order valence-corrected chi connectivity index (χ1v) is 7.07. The van der Waals surface area contributed by atoms with E-state index in [-0.39, 0.29) is 17.3 Å². The lowest BCUT2D eigenvalue weighted by atomic mass is 10.2. The zero-order valence-electron chi connectivity index (χ0n) is 11.3. The van der Waals surface area contributed by atoms with Crippen molar-refractivity contribution in [3.05, 3.63) is 51.4 Å². The standard InChI is InChI=1S/C14H9N3O4S/c1-8(18)16-11-4-2-9(15-19)6-13(11)22-14-7-10(17(20)21)3-5-12(14)16/h2-7H,1H3. The molecule has 0 radical (unpaired) electrons. The predicted octanol–water partition coefficient (Wildman–Crippen LogP) is 4.14. The molecule has 0 bridgehead atoms. The highest BCUT2D eigenvalue weighted by Crippen LogP contribution is 2.50. The minimum Gasteiger partial charge on any atom is -0.279 e. The average molecular weight is 315 g/mol. The molecule has 2 aromatic carbocycles. The summed E-state index contributed by atoms with van der Waals surface area (Å²) in [6.45, 7) is 1.41. The molecule has 0 N–H and O–H groups in total.